The topological polar surface area (TPSA) is 36.9 Å². The fourth-order valence-electron chi connectivity index (χ4n) is 4.14. The van der Waals surface area contributed by atoms with Crippen molar-refractivity contribution < 1.29 is 18.9 Å². The second-order valence-corrected chi connectivity index (χ2v) is 11.8. The van der Waals surface area contributed by atoms with Crippen LogP contribution in [0.5, 0.6) is 5.75 Å². The maximum atomic E-state index is 6.83. The van der Waals surface area contributed by atoms with Gasteiger partial charge in [0.1, 0.15) is 12.4 Å². The first-order valence-electron chi connectivity index (χ1n) is 13.6. The van der Waals surface area contributed by atoms with Crippen LogP contribution in [0, 0.1) is 5.41 Å². The van der Waals surface area contributed by atoms with Gasteiger partial charge in [0.25, 0.3) is 0 Å². The van der Waals surface area contributed by atoms with Crippen molar-refractivity contribution in [2.24, 2.45) is 5.41 Å². The Morgan fingerprint density at radius 3 is 2.00 bits per heavy atom. The van der Waals surface area contributed by atoms with E-state index in [9.17, 15) is 0 Å². The molecule has 0 spiro atoms. The van der Waals surface area contributed by atoms with Gasteiger partial charge in [-0.05, 0) is 83.9 Å². The summed E-state index contributed by atoms with van der Waals surface area (Å²) in [7, 11) is 0. The molecule has 1 unspecified atom stereocenters. The minimum atomic E-state index is -0.374. The third-order valence-electron chi connectivity index (χ3n) is 7.11. The molecule has 2 rings (SSSR count). The number of hydrogen-bond acceptors (Lipinski definition) is 4. The summed E-state index contributed by atoms with van der Waals surface area (Å²) in [6.45, 7) is 19.3. The van der Waals surface area contributed by atoms with E-state index in [0.717, 1.165) is 44.6 Å². The average molecular weight is 499 g/mol. The lowest BCUT2D eigenvalue weighted by Gasteiger charge is -2.45. The summed E-state index contributed by atoms with van der Waals surface area (Å²) in [6.07, 6.45) is 3.80. The van der Waals surface area contributed by atoms with Gasteiger partial charge in [0.15, 0.2) is 0 Å². The molecule has 0 saturated carbocycles. The second kappa shape index (κ2) is 14.2. The quantitative estimate of drug-likeness (QED) is 0.208. The first kappa shape index (κ1) is 30.3. The van der Waals surface area contributed by atoms with E-state index in [1.54, 1.807) is 0 Å². The van der Waals surface area contributed by atoms with Crippen LogP contribution in [-0.2, 0) is 20.6 Å². The van der Waals surface area contributed by atoms with E-state index in [0.29, 0.717) is 6.61 Å². The highest BCUT2D eigenvalue weighted by molar-refractivity contribution is 5.21. The smallest absolute Gasteiger partial charge is 0.119 e. The number of rotatable bonds is 17. The Bertz CT molecular complexity index is 843. The molecule has 0 bridgehead atoms. The number of benzene rings is 2. The standard InChI is InChI=1S/C32H50O4/c1-26(2)33-23-21-30(3,4)32(7,8)36-29(25-34-28-19-13-10-14-20-28)24-31(5,6)35-22-15-18-27-16-11-9-12-17-27/h9-14,16-17,19-20,26,29H,15,18,21-25H2,1-8H3. The summed E-state index contributed by atoms with van der Waals surface area (Å²) in [5.41, 5.74) is 0.569. The van der Waals surface area contributed by atoms with Gasteiger partial charge in [-0.2, -0.15) is 0 Å². The number of aryl methyl sites for hydroxylation is 1. The lowest BCUT2D eigenvalue weighted by Crippen LogP contribution is -2.48. The molecule has 0 fully saturated rings. The molecule has 36 heavy (non-hydrogen) atoms. The Kier molecular flexibility index (Phi) is 11.9. The van der Waals surface area contributed by atoms with Crippen LogP contribution in [-0.4, -0.2) is 43.2 Å². The number of para-hydroxylation sites is 1. The number of ether oxygens (including phenoxy) is 4. The lowest BCUT2D eigenvalue weighted by molar-refractivity contribution is -0.170. The Morgan fingerprint density at radius 2 is 1.39 bits per heavy atom. The van der Waals surface area contributed by atoms with Gasteiger partial charge in [-0.25, -0.2) is 0 Å². The summed E-state index contributed by atoms with van der Waals surface area (Å²) in [5, 5.41) is 0. The van der Waals surface area contributed by atoms with E-state index in [1.165, 1.54) is 5.56 Å². The molecule has 4 heteroatoms. The van der Waals surface area contributed by atoms with E-state index in [4.69, 9.17) is 18.9 Å². The molecule has 0 aliphatic rings. The Hall–Kier alpha value is -1.88. The van der Waals surface area contributed by atoms with Crippen LogP contribution in [0.15, 0.2) is 60.7 Å². The zero-order valence-electron chi connectivity index (χ0n) is 24.0. The molecule has 202 valence electrons. The molecule has 0 heterocycles. The van der Waals surface area contributed by atoms with Crippen molar-refractivity contribution in [1.29, 1.82) is 0 Å². The van der Waals surface area contributed by atoms with Gasteiger partial charge in [0.2, 0.25) is 0 Å². The van der Waals surface area contributed by atoms with E-state index in [2.05, 4.69) is 85.7 Å². The minimum absolute atomic E-state index is 0.0758. The Morgan fingerprint density at radius 1 is 0.778 bits per heavy atom. The zero-order valence-corrected chi connectivity index (χ0v) is 24.0. The fourth-order valence-corrected chi connectivity index (χ4v) is 4.14. The summed E-state index contributed by atoms with van der Waals surface area (Å²) in [6, 6.07) is 20.5. The van der Waals surface area contributed by atoms with E-state index in [1.807, 2.05) is 30.3 Å². The first-order valence-corrected chi connectivity index (χ1v) is 13.6. The normalized spacial score (nSPS) is 13.7. The lowest BCUT2D eigenvalue weighted by atomic mass is 9.74. The molecule has 2 aromatic rings. The summed E-state index contributed by atoms with van der Waals surface area (Å²) < 4.78 is 25.2. The van der Waals surface area contributed by atoms with Crippen molar-refractivity contribution in [2.75, 3.05) is 19.8 Å². The molecule has 0 N–H and O–H groups in total. The van der Waals surface area contributed by atoms with Gasteiger partial charge in [-0.15, -0.1) is 0 Å². The van der Waals surface area contributed by atoms with Crippen molar-refractivity contribution >= 4 is 0 Å². The third-order valence-corrected chi connectivity index (χ3v) is 7.11. The summed E-state index contributed by atoms with van der Waals surface area (Å²) in [5.74, 6) is 0.857. The van der Waals surface area contributed by atoms with Crippen LogP contribution in [0.1, 0.15) is 80.2 Å². The highest BCUT2D eigenvalue weighted by Crippen LogP contribution is 2.39. The monoisotopic (exact) mass is 498 g/mol. The Labute approximate surface area is 220 Å². The van der Waals surface area contributed by atoms with Crippen LogP contribution in [0.3, 0.4) is 0 Å². The summed E-state index contributed by atoms with van der Waals surface area (Å²) >= 11 is 0. The highest BCUT2D eigenvalue weighted by Gasteiger charge is 2.41. The van der Waals surface area contributed by atoms with E-state index in [-0.39, 0.29) is 28.8 Å². The van der Waals surface area contributed by atoms with Gasteiger partial charge in [-0.3, -0.25) is 0 Å². The van der Waals surface area contributed by atoms with E-state index < -0.39 is 0 Å². The average Bonchev–Trinajstić information content (AvgIpc) is 2.81. The molecule has 0 radical (unpaired) electrons. The maximum absolute atomic E-state index is 6.83. The summed E-state index contributed by atoms with van der Waals surface area (Å²) in [4.78, 5) is 0. The zero-order chi connectivity index (χ0) is 26.7. The molecule has 1 atom stereocenters. The fraction of sp³-hybridized carbons (Fsp3) is 0.625. The van der Waals surface area contributed by atoms with Gasteiger partial charge in [0, 0.05) is 19.6 Å². The minimum Gasteiger partial charge on any atom is -0.491 e. The van der Waals surface area contributed by atoms with Crippen LogP contribution in [0.4, 0.5) is 0 Å². The van der Waals surface area contributed by atoms with Crippen LogP contribution >= 0.6 is 0 Å². The third kappa shape index (κ3) is 11.0. The molecule has 0 saturated heterocycles. The molecule has 0 amide bonds. The Balaban J connectivity index is 2.00. The molecule has 0 aliphatic heterocycles. The highest BCUT2D eigenvalue weighted by atomic mass is 16.6. The van der Waals surface area contributed by atoms with Gasteiger partial charge < -0.3 is 18.9 Å². The van der Waals surface area contributed by atoms with Crippen molar-refractivity contribution in [3.05, 3.63) is 66.2 Å². The molecule has 0 aliphatic carbocycles. The van der Waals surface area contributed by atoms with Crippen molar-refractivity contribution in [3.8, 4) is 5.75 Å². The molecule has 4 nitrogen and oxygen atoms in total. The predicted octanol–water partition coefficient (Wildman–Crippen LogP) is 7.89. The van der Waals surface area contributed by atoms with Crippen molar-refractivity contribution in [1.82, 2.24) is 0 Å². The van der Waals surface area contributed by atoms with E-state index >= 15 is 0 Å². The SMILES string of the molecule is CC(C)OCCC(C)(C)C(C)(C)OC(COc1ccccc1)CC(C)(C)OCCCc1ccccc1. The van der Waals surface area contributed by atoms with Crippen molar-refractivity contribution in [2.45, 2.75) is 104 Å². The molecule has 2 aromatic carbocycles. The van der Waals surface area contributed by atoms with Crippen molar-refractivity contribution in [3.63, 3.8) is 0 Å². The first-order chi connectivity index (χ1) is 16.9. The molecular weight excluding hydrogens is 448 g/mol. The predicted molar refractivity (Wildman–Crippen MR) is 150 cm³/mol. The van der Waals surface area contributed by atoms with Crippen LogP contribution in [0.2, 0.25) is 0 Å². The second-order valence-electron chi connectivity index (χ2n) is 11.8. The number of hydrogen-bond donors (Lipinski definition) is 0. The maximum Gasteiger partial charge on any atom is 0.119 e. The van der Waals surface area contributed by atoms with Gasteiger partial charge >= 0.3 is 0 Å². The molecular formula is C32H50O4. The van der Waals surface area contributed by atoms with Gasteiger partial charge in [0.05, 0.1) is 23.4 Å². The molecule has 0 aromatic heterocycles. The van der Waals surface area contributed by atoms with Gasteiger partial charge in [-0.1, -0.05) is 62.4 Å². The van der Waals surface area contributed by atoms with Crippen LogP contribution < -0.4 is 4.74 Å². The van der Waals surface area contributed by atoms with Crippen LogP contribution in [0.25, 0.3) is 0 Å². The largest absolute Gasteiger partial charge is 0.491 e.